The van der Waals surface area contributed by atoms with Gasteiger partial charge in [0.15, 0.2) is 0 Å². The van der Waals surface area contributed by atoms with Crippen molar-refractivity contribution >= 4 is 65.1 Å². The SMILES string of the molecule is C=C.CCOC(=O)c1ccc(O)cc1.N.N.[NaH].[NaH]. The molecular weight excluding hydrogens is 254 g/mol. The molecule has 7 heteroatoms. The zero-order valence-corrected chi connectivity index (χ0v) is 9.61. The molecule has 0 saturated carbocycles. The first-order valence-corrected chi connectivity index (χ1v) is 4.20. The average Bonchev–Trinajstić information content (AvgIpc) is 2.22. The van der Waals surface area contributed by atoms with Crippen LogP contribution >= 0.6 is 0 Å². The summed E-state index contributed by atoms with van der Waals surface area (Å²) in [5.41, 5.74) is 0.453. The molecule has 0 aliphatic rings. The summed E-state index contributed by atoms with van der Waals surface area (Å²) in [6.45, 7) is 8.11. The quantitative estimate of drug-likeness (QED) is 0.429. The minimum absolute atomic E-state index is 0. The van der Waals surface area contributed by atoms with Gasteiger partial charge in [0.2, 0.25) is 0 Å². The summed E-state index contributed by atoms with van der Waals surface area (Å²) in [4.78, 5) is 11.1. The molecule has 0 saturated heterocycles. The molecule has 5 nitrogen and oxygen atoms in total. The van der Waals surface area contributed by atoms with Gasteiger partial charge in [0.25, 0.3) is 0 Å². The van der Waals surface area contributed by atoms with Gasteiger partial charge in [-0.2, -0.15) is 0 Å². The van der Waals surface area contributed by atoms with Crippen molar-refractivity contribution in [2.24, 2.45) is 0 Å². The number of phenols is 1. The molecular formula is C11H22N2Na2O3. The Labute approximate surface area is 153 Å². The van der Waals surface area contributed by atoms with E-state index < -0.39 is 0 Å². The molecule has 0 aliphatic carbocycles. The molecule has 7 N–H and O–H groups in total. The normalized spacial score (nSPS) is 6.50. The van der Waals surface area contributed by atoms with E-state index in [1.165, 1.54) is 24.3 Å². The third-order valence-electron chi connectivity index (χ3n) is 1.38. The third-order valence-corrected chi connectivity index (χ3v) is 1.38. The molecule has 0 fully saturated rings. The molecule has 0 unspecified atom stereocenters. The van der Waals surface area contributed by atoms with Gasteiger partial charge in [-0.05, 0) is 31.2 Å². The van der Waals surface area contributed by atoms with Crippen molar-refractivity contribution < 1.29 is 14.6 Å². The van der Waals surface area contributed by atoms with Gasteiger partial charge in [0.1, 0.15) is 5.75 Å². The van der Waals surface area contributed by atoms with Crippen molar-refractivity contribution in [1.82, 2.24) is 12.3 Å². The summed E-state index contributed by atoms with van der Waals surface area (Å²) in [6, 6.07) is 5.94. The van der Waals surface area contributed by atoms with E-state index >= 15 is 0 Å². The molecule has 1 rings (SSSR count). The van der Waals surface area contributed by atoms with E-state index in [0.717, 1.165) is 0 Å². The van der Waals surface area contributed by atoms with Crippen LogP contribution in [0.4, 0.5) is 0 Å². The van der Waals surface area contributed by atoms with Gasteiger partial charge in [-0.3, -0.25) is 0 Å². The van der Waals surface area contributed by atoms with E-state index in [1.807, 2.05) is 0 Å². The number of hydrogen-bond acceptors (Lipinski definition) is 5. The average molecular weight is 276 g/mol. The first-order chi connectivity index (χ1) is 6.74. The van der Waals surface area contributed by atoms with Gasteiger partial charge in [-0.1, -0.05) is 0 Å². The van der Waals surface area contributed by atoms with Gasteiger partial charge < -0.3 is 22.1 Å². The Morgan fingerprint density at radius 2 is 1.56 bits per heavy atom. The molecule has 0 spiro atoms. The number of carbonyl (C=O) groups is 1. The van der Waals surface area contributed by atoms with Crippen LogP contribution in [0.15, 0.2) is 37.4 Å². The fraction of sp³-hybridized carbons (Fsp3) is 0.182. The number of rotatable bonds is 2. The Morgan fingerprint density at radius 3 is 1.89 bits per heavy atom. The Morgan fingerprint density at radius 1 is 1.17 bits per heavy atom. The number of carbonyl (C=O) groups excluding carboxylic acids is 1. The molecule has 0 atom stereocenters. The van der Waals surface area contributed by atoms with E-state index in [9.17, 15) is 4.79 Å². The van der Waals surface area contributed by atoms with E-state index in [1.54, 1.807) is 6.92 Å². The van der Waals surface area contributed by atoms with Gasteiger partial charge in [0.05, 0.1) is 12.2 Å². The maximum absolute atomic E-state index is 11.1. The second-order valence-corrected chi connectivity index (χ2v) is 2.27. The molecule has 0 aliphatic heterocycles. The van der Waals surface area contributed by atoms with Crippen LogP contribution in [0, 0.1) is 0 Å². The zero-order chi connectivity index (χ0) is 11.0. The van der Waals surface area contributed by atoms with Crippen molar-refractivity contribution in [1.29, 1.82) is 0 Å². The van der Waals surface area contributed by atoms with Crippen LogP contribution < -0.4 is 12.3 Å². The molecule has 0 heterocycles. The van der Waals surface area contributed by atoms with E-state index in [-0.39, 0.29) is 83.1 Å². The van der Waals surface area contributed by atoms with Crippen LogP contribution in [0.1, 0.15) is 17.3 Å². The second kappa shape index (κ2) is 19.5. The number of ether oxygens (including phenoxy) is 1. The van der Waals surface area contributed by atoms with Gasteiger partial charge in [-0.25, -0.2) is 4.79 Å². The molecule has 96 valence electrons. The topological polar surface area (TPSA) is 117 Å². The fourth-order valence-corrected chi connectivity index (χ4v) is 0.812. The van der Waals surface area contributed by atoms with Crippen molar-refractivity contribution in [3.8, 4) is 5.75 Å². The van der Waals surface area contributed by atoms with Crippen molar-refractivity contribution in [2.45, 2.75) is 6.92 Å². The standard InChI is InChI=1S/C9H10O3.C2H4.2H3N.2Na.2H/c1-2-12-9(11)7-3-5-8(10)6-4-7;1-2;;;;;;/h3-6,10H,2H2,1H3;1-2H2;2*1H3;;;;. The molecule has 18 heavy (non-hydrogen) atoms. The Hall–Kier alpha value is 0.150. The first-order valence-electron chi connectivity index (χ1n) is 4.20. The van der Waals surface area contributed by atoms with Crippen molar-refractivity contribution in [2.75, 3.05) is 6.61 Å². The number of benzene rings is 1. The van der Waals surface area contributed by atoms with Crippen LogP contribution in [0.25, 0.3) is 0 Å². The third kappa shape index (κ3) is 12.6. The minimum atomic E-state index is -0.363. The van der Waals surface area contributed by atoms with Crippen LogP contribution in [0.5, 0.6) is 5.75 Å². The monoisotopic (exact) mass is 276 g/mol. The van der Waals surface area contributed by atoms with Gasteiger partial charge >= 0.3 is 65.1 Å². The summed E-state index contributed by atoms with van der Waals surface area (Å²) in [5, 5.41) is 8.92. The van der Waals surface area contributed by atoms with Crippen LogP contribution in [-0.2, 0) is 4.74 Å². The number of aromatic hydroxyl groups is 1. The summed E-state index contributed by atoms with van der Waals surface area (Å²) < 4.78 is 4.75. The van der Waals surface area contributed by atoms with E-state index in [0.29, 0.717) is 12.2 Å². The van der Waals surface area contributed by atoms with Crippen molar-refractivity contribution in [3.05, 3.63) is 43.0 Å². The van der Waals surface area contributed by atoms with Crippen LogP contribution in [0.2, 0.25) is 0 Å². The number of phenolic OH excluding ortho intramolecular Hbond substituents is 1. The molecule has 0 bridgehead atoms. The van der Waals surface area contributed by atoms with Crippen LogP contribution in [0.3, 0.4) is 0 Å². The molecule has 0 radical (unpaired) electrons. The molecule has 0 amide bonds. The van der Waals surface area contributed by atoms with Crippen LogP contribution in [-0.4, -0.2) is 76.8 Å². The Bertz CT molecular complexity index is 295. The Balaban J connectivity index is -0.0000000894. The second-order valence-electron chi connectivity index (χ2n) is 2.27. The summed E-state index contributed by atoms with van der Waals surface area (Å²) in [5.74, 6) is -0.222. The molecule has 1 aromatic rings. The predicted octanol–water partition coefficient (Wildman–Crippen LogP) is 1.40. The van der Waals surface area contributed by atoms with Gasteiger partial charge in [-0.15, -0.1) is 13.2 Å². The summed E-state index contributed by atoms with van der Waals surface area (Å²) in [7, 11) is 0. The number of hydrogen-bond donors (Lipinski definition) is 3. The zero-order valence-electron chi connectivity index (χ0n) is 9.61. The Kier molecular flexibility index (Phi) is 33.4. The summed E-state index contributed by atoms with van der Waals surface area (Å²) >= 11 is 0. The predicted molar refractivity (Wildman–Crippen MR) is 79.7 cm³/mol. The van der Waals surface area contributed by atoms with Gasteiger partial charge in [0, 0.05) is 0 Å². The first kappa shape index (κ1) is 30.9. The number of esters is 1. The molecule has 1 aromatic carbocycles. The fourth-order valence-electron chi connectivity index (χ4n) is 0.812. The van der Waals surface area contributed by atoms with E-state index in [4.69, 9.17) is 9.84 Å². The maximum atomic E-state index is 11.1. The van der Waals surface area contributed by atoms with Crippen molar-refractivity contribution in [3.63, 3.8) is 0 Å². The molecule has 0 aromatic heterocycles. The van der Waals surface area contributed by atoms with E-state index in [2.05, 4.69) is 13.2 Å². The summed E-state index contributed by atoms with van der Waals surface area (Å²) in [6.07, 6.45) is 0.